The molecule has 0 bridgehead atoms. The molecule has 1 heterocycles. The summed E-state index contributed by atoms with van der Waals surface area (Å²) in [6.07, 6.45) is 6.57. The van der Waals surface area contributed by atoms with E-state index in [2.05, 4.69) is 6.58 Å². The van der Waals surface area contributed by atoms with Crippen LogP contribution in [0.25, 0.3) is 0 Å². The predicted octanol–water partition coefficient (Wildman–Crippen LogP) is 3.73. The second-order valence-corrected chi connectivity index (χ2v) is 4.61. The average Bonchev–Trinajstić information content (AvgIpc) is 2.68. The highest BCUT2D eigenvalue weighted by atomic mass is 19.4. The van der Waals surface area contributed by atoms with Crippen molar-refractivity contribution >= 4 is 0 Å². The van der Waals surface area contributed by atoms with Gasteiger partial charge >= 0.3 is 6.18 Å². The maximum Gasteiger partial charge on any atom is 0.405 e. The zero-order valence-corrected chi connectivity index (χ0v) is 10.6. The van der Waals surface area contributed by atoms with Crippen LogP contribution in [0.15, 0.2) is 25.1 Å². The smallest absolute Gasteiger partial charge is 0.359 e. The molecule has 0 saturated carbocycles. The molecule has 1 rings (SSSR count). The minimum absolute atomic E-state index is 0.353. The van der Waals surface area contributed by atoms with Crippen LogP contribution in [-0.2, 0) is 0 Å². The minimum Gasteiger partial charge on any atom is -0.359 e. The summed E-state index contributed by atoms with van der Waals surface area (Å²) in [6.45, 7) is 3.99. The first-order chi connectivity index (χ1) is 8.51. The van der Waals surface area contributed by atoms with E-state index in [-0.39, 0.29) is 0 Å². The van der Waals surface area contributed by atoms with Crippen molar-refractivity contribution in [2.75, 3.05) is 19.8 Å². The molecule has 1 aliphatic rings. The van der Waals surface area contributed by atoms with E-state index in [1.165, 1.54) is 11.1 Å². The molecule has 0 radical (unpaired) electrons. The molecule has 0 spiro atoms. The Hall–Kier alpha value is -1.13. The topological polar surface area (TPSA) is 6.48 Å². The molecule has 0 N–H and O–H groups in total. The van der Waals surface area contributed by atoms with Crippen LogP contribution in [0.3, 0.4) is 0 Å². The lowest BCUT2D eigenvalue weighted by Crippen LogP contribution is -2.33. The van der Waals surface area contributed by atoms with E-state index in [9.17, 15) is 13.2 Å². The lowest BCUT2D eigenvalue weighted by molar-refractivity contribution is -0.141. The van der Waals surface area contributed by atoms with Gasteiger partial charge in [-0.1, -0.05) is 18.9 Å². The van der Waals surface area contributed by atoms with Crippen LogP contribution >= 0.6 is 0 Å². The lowest BCUT2D eigenvalue weighted by atomic mass is 10.1. The number of nitrogens with zero attached hydrogens (tertiary/aromatic N) is 2. The average molecular weight is 262 g/mol. The van der Waals surface area contributed by atoms with Crippen molar-refractivity contribution in [3.63, 3.8) is 0 Å². The van der Waals surface area contributed by atoms with Gasteiger partial charge in [-0.15, -0.1) is 6.58 Å². The maximum atomic E-state index is 12.2. The van der Waals surface area contributed by atoms with Gasteiger partial charge in [0.1, 0.15) is 6.54 Å². The van der Waals surface area contributed by atoms with Gasteiger partial charge in [0.25, 0.3) is 0 Å². The summed E-state index contributed by atoms with van der Waals surface area (Å²) in [5.41, 5.74) is 0. The molecule has 5 heteroatoms. The highest BCUT2D eigenvalue weighted by Crippen LogP contribution is 2.19. The first-order valence-corrected chi connectivity index (χ1v) is 6.35. The second kappa shape index (κ2) is 7.34. The van der Waals surface area contributed by atoms with Crippen LogP contribution in [0, 0.1) is 0 Å². The Balaban J connectivity index is 2.05. The van der Waals surface area contributed by atoms with Gasteiger partial charge in [0.15, 0.2) is 0 Å². The van der Waals surface area contributed by atoms with Crippen molar-refractivity contribution in [1.82, 2.24) is 9.80 Å². The number of hydrogen-bond donors (Lipinski definition) is 0. The SMILES string of the molecule is C=CCCCCCCN1C=CN(CC(F)(F)F)C1. The third-order valence-corrected chi connectivity index (χ3v) is 2.84. The van der Waals surface area contributed by atoms with Crippen molar-refractivity contribution in [3.8, 4) is 0 Å². The Labute approximate surface area is 107 Å². The number of halogens is 3. The fraction of sp³-hybridized carbons (Fsp3) is 0.692. The first kappa shape index (κ1) is 14.9. The summed E-state index contributed by atoms with van der Waals surface area (Å²) in [7, 11) is 0. The van der Waals surface area contributed by atoms with E-state index < -0.39 is 12.7 Å². The summed E-state index contributed by atoms with van der Waals surface area (Å²) < 4.78 is 36.5. The molecule has 0 aromatic rings. The fourth-order valence-corrected chi connectivity index (χ4v) is 1.95. The molecule has 0 unspecified atom stereocenters. The van der Waals surface area contributed by atoms with Crippen LogP contribution in [-0.4, -0.2) is 35.7 Å². The summed E-state index contributed by atoms with van der Waals surface area (Å²) >= 11 is 0. The Kier molecular flexibility index (Phi) is 6.09. The van der Waals surface area contributed by atoms with Crippen LogP contribution in [0.5, 0.6) is 0 Å². The van der Waals surface area contributed by atoms with E-state index in [1.54, 1.807) is 6.20 Å². The normalized spacial score (nSPS) is 15.5. The molecule has 2 nitrogen and oxygen atoms in total. The van der Waals surface area contributed by atoms with Gasteiger partial charge in [0.2, 0.25) is 0 Å². The van der Waals surface area contributed by atoms with Gasteiger partial charge in [-0.3, -0.25) is 0 Å². The molecule has 0 amide bonds. The number of rotatable bonds is 8. The van der Waals surface area contributed by atoms with Gasteiger partial charge in [-0.05, 0) is 19.3 Å². The molecule has 18 heavy (non-hydrogen) atoms. The van der Waals surface area contributed by atoms with Gasteiger partial charge in [0, 0.05) is 18.9 Å². The fourth-order valence-electron chi connectivity index (χ4n) is 1.95. The zero-order valence-electron chi connectivity index (χ0n) is 10.6. The van der Waals surface area contributed by atoms with Gasteiger partial charge in [0.05, 0.1) is 6.67 Å². The highest BCUT2D eigenvalue weighted by Gasteiger charge is 2.31. The Bertz CT molecular complexity index is 274. The summed E-state index contributed by atoms with van der Waals surface area (Å²) in [5, 5.41) is 0. The van der Waals surface area contributed by atoms with E-state index >= 15 is 0 Å². The number of hydrogen-bond acceptors (Lipinski definition) is 2. The summed E-state index contributed by atoms with van der Waals surface area (Å²) in [6, 6.07) is 0. The Morgan fingerprint density at radius 1 is 1.06 bits per heavy atom. The molecular weight excluding hydrogens is 241 g/mol. The predicted molar refractivity (Wildman–Crippen MR) is 66.8 cm³/mol. The Morgan fingerprint density at radius 3 is 2.39 bits per heavy atom. The maximum absolute atomic E-state index is 12.2. The van der Waals surface area contributed by atoms with Crippen molar-refractivity contribution in [3.05, 3.63) is 25.1 Å². The summed E-state index contributed by atoms with van der Waals surface area (Å²) in [4.78, 5) is 3.22. The van der Waals surface area contributed by atoms with E-state index in [0.29, 0.717) is 6.67 Å². The third kappa shape index (κ3) is 6.57. The van der Waals surface area contributed by atoms with E-state index in [0.717, 1.165) is 38.6 Å². The van der Waals surface area contributed by atoms with Gasteiger partial charge in [-0.25, -0.2) is 0 Å². The molecule has 1 aliphatic heterocycles. The van der Waals surface area contributed by atoms with E-state index in [1.807, 2.05) is 11.0 Å². The lowest BCUT2D eigenvalue weighted by Gasteiger charge is -2.22. The molecule has 0 fully saturated rings. The van der Waals surface area contributed by atoms with Crippen LogP contribution < -0.4 is 0 Å². The zero-order chi connectivity index (χ0) is 13.4. The molecule has 0 aromatic carbocycles. The number of allylic oxidation sites excluding steroid dienone is 1. The molecule has 0 aliphatic carbocycles. The molecule has 0 aromatic heterocycles. The molecule has 104 valence electrons. The monoisotopic (exact) mass is 262 g/mol. The van der Waals surface area contributed by atoms with Gasteiger partial charge in [-0.2, -0.15) is 13.2 Å². The highest BCUT2D eigenvalue weighted by molar-refractivity contribution is 4.91. The van der Waals surface area contributed by atoms with E-state index in [4.69, 9.17) is 0 Å². The van der Waals surface area contributed by atoms with Crippen LogP contribution in [0.4, 0.5) is 13.2 Å². The van der Waals surface area contributed by atoms with Crippen molar-refractivity contribution in [2.24, 2.45) is 0 Å². The molecule has 0 saturated heterocycles. The van der Waals surface area contributed by atoms with Crippen molar-refractivity contribution < 1.29 is 13.2 Å². The number of alkyl halides is 3. The van der Waals surface area contributed by atoms with Crippen molar-refractivity contribution in [2.45, 2.75) is 38.3 Å². The van der Waals surface area contributed by atoms with Crippen LogP contribution in [0.1, 0.15) is 32.1 Å². The van der Waals surface area contributed by atoms with Gasteiger partial charge < -0.3 is 9.80 Å². The third-order valence-electron chi connectivity index (χ3n) is 2.84. The molecule has 0 atom stereocenters. The second-order valence-electron chi connectivity index (χ2n) is 4.61. The van der Waals surface area contributed by atoms with Crippen molar-refractivity contribution in [1.29, 1.82) is 0 Å². The summed E-state index contributed by atoms with van der Waals surface area (Å²) in [5.74, 6) is 0. The quantitative estimate of drug-likeness (QED) is 0.486. The number of unbranched alkanes of at least 4 members (excludes halogenated alkanes) is 4. The first-order valence-electron chi connectivity index (χ1n) is 6.35. The minimum atomic E-state index is -4.12. The Morgan fingerprint density at radius 2 is 1.72 bits per heavy atom. The largest absolute Gasteiger partial charge is 0.405 e. The molecular formula is C13H21F3N2. The van der Waals surface area contributed by atoms with Crippen LogP contribution in [0.2, 0.25) is 0 Å². The standard InChI is InChI=1S/C13H21F3N2/c1-2-3-4-5-6-7-8-17-9-10-18(12-17)11-13(14,15)16/h2,9-10H,1,3-8,11-12H2.